The fourth-order valence-corrected chi connectivity index (χ4v) is 1.99. The lowest BCUT2D eigenvalue weighted by Crippen LogP contribution is -2.26. The Morgan fingerprint density at radius 3 is 2.67 bits per heavy atom. The van der Waals surface area contributed by atoms with Crippen molar-refractivity contribution in [3.63, 3.8) is 0 Å². The number of rotatable bonds is 3. The maximum absolute atomic E-state index is 11.9. The van der Waals surface area contributed by atoms with E-state index in [1.807, 2.05) is 31.2 Å². The lowest BCUT2D eigenvalue weighted by Gasteiger charge is -2.15. The number of nitrogen functional groups attached to an aromatic ring is 1. The molecule has 1 amide bonds. The van der Waals surface area contributed by atoms with Gasteiger partial charge in [-0.25, -0.2) is 0 Å². The molecule has 1 heterocycles. The van der Waals surface area contributed by atoms with Gasteiger partial charge in [-0.15, -0.1) is 0 Å². The lowest BCUT2D eigenvalue weighted by molar-refractivity contribution is 0.0910. The first-order valence-corrected chi connectivity index (χ1v) is 6.28. The van der Waals surface area contributed by atoms with Crippen LogP contribution in [0.15, 0.2) is 45.5 Å². The highest BCUT2D eigenvalue weighted by Gasteiger charge is 2.15. The summed E-state index contributed by atoms with van der Waals surface area (Å²) in [5.74, 6) is -0.000296. The zero-order valence-corrected chi connectivity index (χ0v) is 11.4. The molecule has 0 saturated carbocycles. The van der Waals surface area contributed by atoms with Crippen molar-refractivity contribution in [2.24, 2.45) is 0 Å². The molecule has 18 heavy (non-hydrogen) atoms. The molecular weight excluding hydrogens is 296 g/mol. The molecule has 0 radical (unpaired) electrons. The van der Waals surface area contributed by atoms with Gasteiger partial charge in [0, 0.05) is 5.69 Å². The van der Waals surface area contributed by atoms with Crippen LogP contribution in [0.5, 0.6) is 0 Å². The van der Waals surface area contributed by atoms with Crippen LogP contribution in [0.1, 0.15) is 29.1 Å². The van der Waals surface area contributed by atoms with E-state index in [0.29, 0.717) is 10.4 Å². The molecule has 0 aliphatic rings. The molecule has 1 atom stereocenters. The highest BCUT2D eigenvalue weighted by molar-refractivity contribution is 9.10. The van der Waals surface area contributed by atoms with Gasteiger partial charge >= 0.3 is 0 Å². The average Bonchev–Trinajstić information content (AvgIpc) is 2.76. The molecule has 0 bridgehead atoms. The predicted octanol–water partition coefficient (Wildman–Crippen LogP) is 3.12. The average molecular weight is 309 g/mol. The molecule has 0 aliphatic carbocycles. The topological polar surface area (TPSA) is 68.3 Å². The SMILES string of the molecule is CC(NC(=O)c1ccc(Br)o1)c1ccccc1N. The van der Waals surface area contributed by atoms with Crippen molar-refractivity contribution in [2.75, 3.05) is 5.73 Å². The van der Waals surface area contributed by atoms with E-state index in [9.17, 15) is 4.79 Å². The van der Waals surface area contributed by atoms with Crippen LogP contribution >= 0.6 is 15.9 Å². The second kappa shape index (κ2) is 5.27. The van der Waals surface area contributed by atoms with Crippen molar-refractivity contribution in [3.8, 4) is 0 Å². The van der Waals surface area contributed by atoms with Crippen LogP contribution < -0.4 is 11.1 Å². The van der Waals surface area contributed by atoms with Crippen molar-refractivity contribution in [1.29, 1.82) is 0 Å². The summed E-state index contributed by atoms with van der Waals surface area (Å²) in [4.78, 5) is 11.9. The minimum atomic E-state index is -0.267. The number of anilines is 1. The fourth-order valence-electron chi connectivity index (χ4n) is 1.69. The number of halogens is 1. The smallest absolute Gasteiger partial charge is 0.287 e. The maximum atomic E-state index is 11.9. The molecule has 1 aromatic carbocycles. The third-order valence-corrected chi connectivity index (χ3v) is 3.03. The van der Waals surface area contributed by atoms with Crippen molar-refractivity contribution in [2.45, 2.75) is 13.0 Å². The minimum absolute atomic E-state index is 0.178. The Bertz CT molecular complexity index is 566. The maximum Gasteiger partial charge on any atom is 0.287 e. The first-order chi connectivity index (χ1) is 8.58. The Balaban J connectivity index is 2.10. The van der Waals surface area contributed by atoms with Gasteiger partial charge in [0.25, 0.3) is 5.91 Å². The largest absolute Gasteiger partial charge is 0.444 e. The molecule has 2 aromatic rings. The molecule has 1 aromatic heterocycles. The molecular formula is C13H13BrN2O2. The van der Waals surface area contributed by atoms with Crippen molar-refractivity contribution < 1.29 is 9.21 Å². The predicted molar refractivity (Wildman–Crippen MR) is 73.1 cm³/mol. The van der Waals surface area contributed by atoms with Gasteiger partial charge in [0.1, 0.15) is 0 Å². The number of nitrogens with two attached hydrogens (primary N) is 1. The summed E-state index contributed by atoms with van der Waals surface area (Å²) in [5.41, 5.74) is 7.40. The van der Waals surface area contributed by atoms with Crippen LogP contribution in [0, 0.1) is 0 Å². The molecule has 0 saturated heterocycles. The number of amides is 1. The summed E-state index contributed by atoms with van der Waals surface area (Å²) in [6, 6.07) is 10.5. The summed E-state index contributed by atoms with van der Waals surface area (Å²) in [6.45, 7) is 1.88. The monoisotopic (exact) mass is 308 g/mol. The Morgan fingerprint density at radius 1 is 1.33 bits per heavy atom. The van der Waals surface area contributed by atoms with E-state index in [0.717, 1.165) is 5.56 Å². The van der Waals surface area contributed by atoms with Crippen LogP contribution in [0.25, 0.3) is 0 Å². The molecule has 0 fully saturated rings. The summed E-state index contributed by atoms with van der Waals surface area (Å²) < 4.78 is 5.71. The van der Waals surface area contributed by atoms with E-state index >= 15 is 0 Å². The highest BCUT2D eigenvalue weighted by Crippen LogP contribution is 2.20. The Morgan fingerprint density at radius 2 is 2.06 bits per heavy atom. The van der Waals surface area contributed by atoms with Crippen molar-refractivity contribution in [3.05, 3.63) is 52.4 Å². The third kappa shape index (κ3) is 2.73. The normalized spacial score (nSPS) is 12.1. The molecule has 2 rings (SSSR count). The Hall–Kier alpha value is -1.75. The number of carbonyl (C=O) groups excluding carboxylic acids is 1. The van der Waals surface area contributed by atoms with Gasteiger partial charge < -0.3 is 15.5 Å². The number of nitrogens with one attached hydrogen (secondary N) is 1. The first kappa shape index (κ1) is 12.7. The standard InChI is InChI=1S/C13H13BrN2O2/c1-8(9-4-2-3-5-10(9)15)16-13(17)11-6-7-12(14)18-11/h2-8H,15H2,1H3,(H,16,17). The van der Waals surface area contributed by atoms with E-state index < -0.39 is 0 Å². The third-order valence-electron chi connectivity index (χ3n) is 2.61. The van der Waals surface area contributed by atoms with Crippen LogP contribution in [0.2, 0.25) is 0 Å². The van der Waals surface area contributed by atoms with Crippen LogP contribution in [0.3, 0.4) is 0 Å². The second-order valence-corrected chi connectivity index (χ2v) is 4.71. The molecule has 5 heteroatoms. The minimum Gasteiger partial charge on any atom is -0.444 e. The number of carbonyl (C=O) groups is 1. The number of hydrogen-bond acceptors (Lipinski definition) is 3. The fraction of sp³-hybridized carbons (Fsp3) is 0.154. The molecule has 0 spiro atoms. The summed E-state index contributed by atoms with van der Waals surface area (Å²) >= 11 is 3.16. The van der Waals surface area contributed by atoms with E-state index in [1.54, 1.807) is 12.1 Å². The Labute approximate surface area is 113 Å². The number of hydrogen-bond donors (Lipinski definition) is 2. The summed E-state index contributed by atoms with van der Waals surface area (Å²) in [7, 11) is 0. The zero-order chi connectivity index (χ0) is 13.1. The molecule has 3 N–H and O–H groups in total. The molecule has 0 aliphatic heterocycles. The van der Waals surface area contributed by atoms with Gasteiger partial charge in [0.15, 0.2) is 10.4 Å². The molecule has 94 valence electrons. The van der Waals surface area contributed by atoms with E-state index in [2.05, 4.69) is 21.2 Å². The van der Waals surface area contributed by atoms with Crippen LogP contribution in [-0.2, 0) is 0 Å². The van der Waals surface area contributed by atoms with E-state index in [4.69, 9.17) is 10.2 Å². The van der Waals surface area contributed by atoms with Gasteiger partial charge in [-0.3, -0.25) is 4.79 Å². The molecule has 1 unspecified atom stereocenters. The van der Waals surface area contributed by atoms with Crippen molar-refractivity contribution >= 4 is 27.5 Å². The quantitative estimate of drug-likeness (QED) is 0.856. The van der Waals surface area contributed by atoms with E-state index in [1.165, 1.54) is 0 Å². The lowest BCUT2D eigenvalue weighted by atomic mass is 10.1. The number of para-hydroxylation sites is 1. The summed E-state index contributed by atoms with van der Waals surface area (Å²) in [6.07, 6.45) is 0. The first-order valence-electron chi connectivity index (χ1n) is 5.48. The van der Waals surface area contributed by atoms with Crippen LogP contribution in [0.4, 0.5) is 5.69 Å². The zero-order valence-electron chi connectivity index (χ0n) is 9.81. The van der Waals surface area contributed by atoms with Gasteiger partial charge in [-0.2, -0.15) is 0 Å². The Kier molecular flexibility index (Phi) is 3.72. The van der Waals surface area contributed by atoms with Gasteiger partial charge in [0.2, 0.25) is 0 Å². The highest BCUT2D eigenvalue weighted by atomic mass is 79.9. The second-order valence-electron chi connectivity index (χ2n) is 3.93. The molecule has 4 nitrogen and oxygen atoms in total. The van der Waals surface area contributed by atoms with Gasteiger partial charge in [0.05, 0.1) is 6.04 Å². The van der Waals surface area contributed by atoms with E-state index in [-0.39, 0.29) is 17.7 Å². The number of benzene rings is 1. The number of furan rings is 1. The van der Waals surface area contributed by atoms with Gasteiger partial charge in [-0.1, -0.05) is 18.2 Å². The van der Waals surface area contributed by atoms with Crippen molar-refractivity contribution in [1.82, 2.24) is 5.32 Å². The van der Waals surface area contributed by atoms with Gasteiger partial charge in [-0.05, 0) is 46.6 Å². The van der Waals surface area contributed by atoms with Crippen LogP contribution in [-0.4, -0.2) is 5.91 Å². The summed E-state index contributed by atoms with van der Waals surface area (Å²) in [5, 5.41) is 2.83.